The van der Waals surface area contributed by atoms with Crippen LogP contribution in [0.1, 0.15) is 12.0 Å². The molecule has 1 aliphatic heterocycles. The van der Waals surface area contributed by atoms with Crippen molar-refractivity contribution in [2.24, 2.45) is 0 Å². The number of carbonyl (C=O) groups excluding carboxylic acids is 1. The predicted molar refractivity (Wildman–Crippen MR) is 82.3 cm³/mol. The molecule has 1 aromatic carbocycles. The maximum absolute atomic E-state index is 11.9. The van der Waals surface area contributed by atoms with Crippen molar-refractivity contribution in [2.45, 2.75) is 18.9 Å². The lowest BCUT2D eigenvalue weighted by Gasteiger charge is -2.23. The number of hydrogen-bond donors (Lipinski definition) is 1. The number of likely N-dealkylation sites (N-methyl/N-ethyl adjacent to an activating group) is 1. The van der Waals surface area contributed by atoms with Gasteiger partial charge in [-0.25, -0.2) is 0 Å². The Hall–Kier alpha value is -1.10. The Kier molecular flexibility index (Phi) is 7.59. The normalized spacial score (nSPS) is 17.6. The van der Waals surface area contributed by atoms with Crippen molar-refractivity contribution in [3.63, 3.8) is 0 Å². The quantitative estimate of drug-likeness (QED) is 0.809. The molecule has 1 aromatic rings. The van der Waals surface area contributed by atoms with Crippen molar-refractivity contribution in [3.8, 4) is 0 Å². The number of carbonyl (C=O) groups is 1. The van der Waals surface area contributed by atoms with Crippen LogP contribution in [0.5, 0.6) is 0 Å². The Labute approximate surface area is 126 Å². The van der Waals surface area contributed by atoms with Gasteiger partial charge < -0.3 is 15.0 Å². The van der Waals surface area contributed by atoms with E-state index < -0.39 is 0 Å². The molecular formula is C15H23ClN2O2. The van der Waals surface area contributed by atoms with E-state index in [9.17, 15) is 4.79 Å². The van der Waals surface area contributed by atoms with E-state index in [4.69, 9.17) is 4.74 Å². The van der Waals surface area contributed by atoms with Crippen molar-refractivity contribution in [1.82, 2.24) is 10.2 Å². The molecule has 1 unspecified atom stereocenters. The summed E-state index contributed by atoms with van der Waals surface area (Å²) in [7, 11) is 1.86. The summed E-state index contributed by atoms with van der Waals surface area (Å²) >= 11 is 0. The van der Waals surface area contributed by atoms with Gasteiger partial charge in [-0.2, -0.15) is 0 Å². The van der Waals surface area contributed by atoms with Gasteiger partial charge in [-0.1, -0.05) is 30.3 Å². The van der Waals surface area contributed by atoms with E-state index in [1.165, 1.54) is 5.56 Å². The minimum absolute atomic E-state index is 0. The fraction of sp³-hybridized carbons (Fsp3) is 0.533. The van der Waals surface area contributed by atoms with E-state index in [2.05, 4.69) is 17.4 Å². The summed E-state index contributed by atoms with van der Waals surface area (Å²) < 4.78 is 5.47. The van der Waals surface area contributed by atoms with Crippen LogP contribution in [-0.2, 0) is 16.0 Å². The Bertz CT molecular complexity index is 394. The van der Waals surface area contributed by atoms with Crippen LogP contribution in [0.3, 0.4) is 0 Å². The zero-order chi connectivity index (χ0) is 13.5. The molecule has 4 nitrogen and oxygen atoms in total. The maximum Gasteiger partial charge on any atom is 0.248 e. The standard InChI is InChI=1S/C15H22N2O2.ClH/c1-17(14-7-9-16-11-14)15(18)12-19-10-8-13-5-3-2-4-6-13;/h2-6,14,16H,7-12H2,1H3;1H. The molecule has 0 aliphatic carbocycles. The lowest BCUT2D eigenvalue weighted by atomic mass is 10.2. The Morgan fingerprint density at radius 2 is 2.15 bits per heavy atom. The molecule has 1 aliphatic rings. The number of amides is 1. The second kappa shape index (κ2) is 8.95. The zero-order valence-electron chi connectivity index (χ0n) is 11.9. The average Bonchev–Trinajstić information content (AvgIpc) is 2.98. The van der Waals surface area contributed by atoms with Gasteiger partial charge in [0.2, 0.25) is 5.91 Å². The van der Waals surface area contributed by atoms with E-state index in [1.54, 1.807) is 0 Å². The predicted octanol–water partition coefficient (Wildman–Crippen LogP) is 1.49. The molecule has 112 valence electrons. The lowest BCUT2D eigenvalue weighted by molar-refractivity contribution is -0.136. The van der Waals surface area contributed by atoms with Gasteiger partial charge in [-0.05, 0) is 24.9 Å². The molecule has 1 saturated heterocycles. The number of hydrogen-bond acceptors (Lipinski definition) is 3. The van der Waals surface area contributed by atoms with Crippen LogP contribution in [0.15, 0.2) is 30.3 Å². The van der Waals surface area contributed by atoms with Gasteiger partial charge in [0.05, 0.1) is 6.61 Å². The minimum atomic E-state index is 0. The molecule has 1 N–H and O–H groups in total. The van der Waals surface area contributed by atoms with Gasteiger partial charge in [0.1, 0.15) is 6.61 Å². The molecule has 0 bridgehead atoms. The average molecular weight is 299 g/mol. The van der Waals surface area contributed by atoms with Crippen molar-refractivity contribution in [1.29, 1.82) is 0 Å². The van der Waals surface area contributed by atoms with Crippen LogP contribution in [0.25, 0.3) is 0 Å². The SMILES string of the molecule is CN(C(=O)COCCc1ccccc1)C1CCNC1.Cl. The van der Waals surface area contributed by atoms with E-state index >= 15 is 0 Å². The number of halogens is 1. The summed E-state index contributed by atoms with van der Waals surface area (Å²) in [6.07, 6.45) is 1.88. The van der Waals surface area contributed by atoms with Crippen LogP contribution >= 0.6 is 12.4 Å². The lowest BCUT2D eigenvalue weighted by Crippen LogP contribution is -2.40. The Morgan fingerprint density at radius 1 is 1.40 bits per heavy atom. The molecule has 0 spiro atoms. The van der Waals surface area contributed by atoms with Crippen LogP contribution in [0, 0.1) is 0 Å². The largest absolute Gasteiger partial charge is 0.371 e. The first kappa shape index (κ1) is 17.0. The maximum atomic E-state index is 11.9. The van der Waals surface area contributed by atoms with E-state index in [1.807, 2.05) is 30.1 Å². The Balaban J connectivity index is 0.00000200. The van der Waals surface area contributed by atoms with Crippen LogP contribution in [0.2, 0.25) is 0 Å². The molecule has 0 saturated carbocycles. The fourth-order valence-corrected chi connectivity index (χ4v) is 2.27. The third-order valence-electron chi connectivity index (χ3n) is 3.58. The van der Waals surface area contributed by atoms with Gasteiger partial charge in [0.15, 0.2) is 0 Å². The van der Waals surface area contributed by atoms with Crippen LogP contribution in [-0.4, -0.2) is 50.2 Å². The highest BCUT2D eigenvalue weighted by Gasteiger charge is 2.22. The second-order valence-corrected chi connectivity index (χ2v) is 4.94. The number of rotatable bonds is 6. The van der Waals surface area contributed by atoms with Crippen molar-refractivity contribution >= 4 is 18.3 Å². The van der Waals surface area contributed by atoms with E-state index in [0.717, 1.165) is 25.9 Å². The fourth-order valence-electron chi connectivity index (χ4n) is 2.27. The first-order valence-corrected chi connectivity index (χ1v) is 6.85. The summed E-state index contributed by atoms with van der Waals surface area (Å²) in [5, 5.41) is 3.26. The molecule has 5 heteroatoms. The molecule has 0 radical (unpaired) electrons. The smallest absolute Gasteiger partial charge is 0.248 e. The summed E-state index contributed by atoms with van der Waals surface area (Å²) in [5.74, 6) is 0.0711. The highest BCUT2D eigenvalue weighted by molar-refractivity contribution is 5.85. The number of ether oxygens (including phenoxy) is 1. The topological polar surface area (TPSA) is 41.6 Å². The molecule has 1 atom stereocenters. The van der Waals surface area contributed by atoms with Gasteiger partial charge in [0.25, 0.3) is 0 Å². The number of nitrogens with one attached hydrogen (secondary N) is 1. The van der Waals surface area contributed by atoms with Crippen LogP contribution in [0.4, 0.5) is 0 Å². The first-order chi connectivity index (χ1) is 9.27. The highest BCUT2D eigenvalue weighted by Crippen LogP contribution is 2.06. The van der Waals surface area contributed by atoms with Crippen LogP contribution < -0.4 is 5.32 Å². The van der Waals surface area contributed by atoms with E-state index in [-0.39, 0.29) is 24.9 Å². The molecular weight excluding hydrogens is 276 g/mol. The summed E-state index contributed by atoms with van der Waals surface area (Å²) in [5.41, 5.74) is 1.24. The number of nitrogens with zero attached hydrogens (tertiary/aromatic N) is 1. The summed E-state index contributed by atoms with van der Waals surface area (Å²) in [4.78, 5) is 13.7. The highest BCUT2D eigenvalue weighted by atomic mass is 35.5. The molecule has 2 rings (SSSR count). The van der Waals surface area contributed by atoms with E-state index in [0.29, 0.717) is 12.6 Å². The molecule has 1 heterocycles. The minimum Gasteiger partial charge on any atom is -0.371 e. The molecule has 1 amide bonds. The van der Waals surface area contributed by atoms with Gasteiger partial charge >= 0.3 is 0 Å². The van der Waals surface area contributed by atoms with Crippen molar-refractivity contribution < 1.29 is 9.53 Å². The summed E-state index contributed by atoms with van der Waals surface area (Å²) in [6, 6.07) is 10.5. The molecule has 1 fully saturated rings. The van der Waals surface area contributed by atoms with Gasteiger partial charge in [-0.15, -0.1) is 12.4 Å². The zero-order valence-corrected chi connectivity index (χ0v) is 12.7. The summed E-state index contributed by atoms with van der Waals surface area (Å²) in [6.45, 7) is 2.66. The monoisotopic (exact) mass is 298 g/mol. The van der Waals surface area contributed by atoms with Crippen molar-refractivity contribution in [2.75, 3.05) is 33.4 Å². The first-order valence-electron chi connectivity index (χ1n) is 6.85. The van der Waals surface area contributed by atoms with Gasteiger partial charge in [0, 0.05) is 19.6 Å². The third kappa shape index (κ3) is 5.12. The molecule has 0 aromatic heterocycles. The third-order valence-corrected chi connectivity index (χ3v) is 3.58. The van der Waals surface area contributed by atoms with Crippen molar-refractivity contribution in [3.05, 3.63) is 35.9 Å². The van der Waals surface area contributed by atoms with Gasteiger partial charge in [-0.3, -0.25) is 4.79 Å². The second-order valence-electron chi connectivity index (χ2n) is 4.94. The molecule has 20 heavy (non-hydrogen) atoms. The Morgan fingerprint density at radius 3 is 2.80 bits per heavy atom. The number of benzene rings is 1.